The highest BCUT2D eigenvalue weighted by molar-refractivity contribution is 5.98. The van der Waals surface area contributed by atoms with E-state index >= 15 is 0 Å². The third-order valence-corrected chi connectivity index (χ3v) is 7.45. The molecule has 2 aromatic rings. The molecule has 164 valence electrons. The van der Waals surface area contributed by atoms with E-state index in [2.05, 4.69) is 11.0 Å². The van der Waals surface area contributed by atoms with E-state index in [1.54, 1.807) is 13.2 Å². The smallest absolute Gasteiger partial charge is 0.230 e. The highest BCUT2D eigenvalue weighted by atomic mass is 19.2. The van der Waals surface area contributed by atoms with Crippen molar-refractivity contribution in [1.82, 2.24) is 4.90 Å². The number of carbonyl (C=O) groups excluding carboxylic acids is 1. The Balaban J connectivity index is 1.36. The first-order valence-corrected chi connectivity index (χ1v) is 11.2. The average Bonchev–Trinajstić information content (AvgIpc) is 3.05. The van der Waals surface area contributed by atoms with Crippen molar-refractivity contribution in [3.05, 3.63) is 59.2 Å². The lowest BCUT2D eigenvalue weighted by atomic mass is 9.74. The summed E-state index contributed by atoms with van der Waals surface area (Å²) in [5, 5.41) is 0. The number of hydrogen-bond donors (Lipinski definition) is 0. The van der Waals surface area contributed by atoms with Gasteiger partial charge in [0.05, 0.1) is 7.11 Å². The first-order valence-electron chi connectivity index (χ1n) is 11.2. The number of halogens is 2. The minimum Gasteiger partial charge on any atom is -0.497 e. The van der Waals surface area contributed by atoms with Crippen LogP contribution in [-0.2, 0) is 16.8 Å². The SMILES string of the molecule is COc1ccc2c(c1)C1(CCN(Cc3ccc(F)c(F)c3)CC1)CN2C(=O)C1CCC1. The fourth-order valence-electron chi connectivity index (χ4n) is 5.31. The standard InChI is InChI=1S/C25H28F2N2O2/c1-31-19-6-8-23-20(14-19)25(16-29(23)24(30)18-3-2-4-18)9-11-28(12-10-25)15-17-5-7-21(26)22(27)13-17/h5-8,13-14,18H,2-4,9-12,15-16H2,1H3. The maximum atomic E-state index is 13.6. The number of rotatable bonds is 4. The van der Waals surface area contributed by atoms with Crippen molar-refractivity contribution < 1.29 is 18.3 Å². The highest BCUT2D eigenvalue weighted by Gasteiger charge is 2.47. The van der Waals surface area contributed by atoms with Crippen molar-refractivity contribution in [2.45, 2.75) is 44.1 Å². The van der Waals surface area contributed by atoms with Crippen molar-refractivity contribution in [3.63, 3.8) is 0 Å². The summed E-state index contributed by atoms with van der Waals surface area (Å²) in [4.78, 5) is 17.5. The molecule has 4 nitrogen and oxygen atoms in total. The molecule has 1 aliphatic carbocycles. The van der Waals surface area contributed by atoms with Crippen LogP contribution in [0.3, 0.4) is 0 Å². The van der Waals surface area contributed by atoms with Gasteiger partial charge in [0.1, 0.15) is 5.75 Å². The van der Waals surface area contributed by atoms with Crippen molar-refractivity contribution in [1.29, 1.82) is 0 Å². The van der Waals surface area contributed by atoms with E-state index in [4.69, 9.17) is 4.74 Å². The van der Waals surface area contributed by atoms with Crippen molar-refractivity contribution in [2.75, 3.05) is 31.6 Å². The van der Waals surface area contributed by atoms with Gasteiger partial charge in [-0.2, -0.15) is 0 Å². The molecule has 0 N–H and O–H groups in total. The van der Waals surface area contributed by atoms with Crippen molar-refractivity contribution in [2.24, 2.45) is 5.92 Å². The van der Waals surface area contributed by atoms with Gasteiger partial charge in [-0.1, -0.05) is 12.5 Å². The molecule has 0 unspecified atom stereocenters. The normalized spacial score (nSPS) is 20.5. The minimum atomic E-state index is -0.811. The van der Waals surface area contributed by atoms with Gasteiger partial charge in [-0.25, -0.2) is 8.78 Å². The Labute approximate surface area is 181 Å². The molecule has 1 amide bonds. The van der Waals surface area contributed by atoms with Gasteiger partial charge >= 0.3 is 0 Å². The topological polar surface area (TPSA) is 32.8 Å². The molecule has 1 saturated heterocycles. The van der Waals surface area contributed by atoms with E-state index in [9.17, 15) is 13.6 Å². The molecule has 3 aliphatic rings. The number of carbonyl (C=O) groups is 1. The maximum Gasteiger partial charge on any atom is 0.230 e. The zero-order chi connectivity index (χ0) is 21.6. The zero-order valence-corrected chi connectivity index (χ0v) is 17.9. The number of ether oxygens (including phenoxy) is 1. The maximum absolute atomic E-state index is 13.6. The van der Waals surface area contributed by atoms with E-state index in [-0.39, 0.29) is 17.2 Å². The van der Waals surface area contributed by atoms with E-state index < -0.39 is 11.6 Å². The number of piperidine rings is 1. The summed E-state index contributed by atoms with van der Waals surface area (Å²) in [6, 6.07) is 10.2. The van der Waals surface area contributed by atoms with Crippen LogP contribution in [0.5, 0.6) is 5.75 Å². The van der Waals surface area contributed by atoms with Crippen LogP contribution in [0, 0.1) is 17.6 Å². The number of likely N-dealkylation sites (tertiary alicyclic amines) is 1. The Bertz CT molecular complexity index is 997. The van der Waals surface area contributed by atoms with Gasteiger partial charge in [-0.05, 0) is 80.2 Å². The van der Waals surface area contributed by atoms with Crippen LogP contribution >= 0.6 is 0 Å². The molecule has 0 radical (unpaired) electrons. The average molecular weight is 427 g/mol. The second-order valence-corrected chi connectivity index (χ2v) is 9.24. The van der Waals surface area contributed by atoms with Gasteiger partial charge in [-0.3, -0.25) is 9.69 Å². The Morgan fingerprint density at radius 3 is 2.52 bits per heavy atom. The zero-order valence-electron chi connectivity index (χ0n) is 17.9. The van der Waals surface area contributed by atoms with Crippen LogP contribution in [0.15, 0.2) is 36.4 Å². The summed E-state index contributed by atoms with van der Waals surface area (Å²) in [6.07, 6.45) is 4.98. The molecule has 0 atom stereocenters. The third-order valence-electron chi connectivity index (χ3n) is 7.45. The molecule has 0 bridgehead atoms. The Hall–Kier alpha value is -2.47. The van der Waals surface area contributed by atoms with Crippen LogP contribution in [-0.4, -0.2) is 37.6 Å². The molecule has 2 fully saturated rings. The molecule has 0 aromatic heterocycles. The van der Waals surface area contributed by atoms with Gasteiger partial charge in [-0.15, -0.1) is 0 Å². The lowest BCUT2D eigenvalue weighted by Crippen LogP contribution is -2.47. The summed E-state index contributed by atoms with van der Waals surface area (Å²) in [5.74, 6) is -0.361. The number of hydrogen-bond acceptors (Lipinski definition) is 3. The molecule has 1 spiro atoms. The molecule has 2 aromatic carbocycles. The van der Waals surface area contributed by atoms with E-state index in [1.807, 2.05) is 17.0 Å². The summed E-state index contributed by atoms with van der Waals surface area (Å²) < 4.78 is 32.3. The second kappa shape index (κ2) is 7.90. The molecule has 5 rings (SSSR count). The third kappa shape index (κ3) is 3.61. The first kappa shape index (κ1) is 20.4. The largest absolute Gasteiger partial charge is 0.497 e. The molecule has 2 aliphatic heterocycles. The van der Waals surface area contributed by atoms with Crippen LogP contribution in [0.25, 0.3) is 0 Å². The lowest BCUT2D eigenvalue weighted by molar-refractivity contribution is -0.124. The van der Waals surface area contributed by atoms with Gasteiger partial charge in [0, 0.05) is 30.1 Å². The Morgan fingerprint density at radius 2 is 1.87 bits per heavy atom. The monoisotopic (exact) mass is 426 g/mol. The summed E-state index contributed by atoms with van der Waals surface area (Å²) in [6.45, 7) is 3.02. The Kier molecular flexibility index (Phi) is 5.21. The van der Waals surface area contributed by atoms with Crippen molar-refractivity contribution in [3.8, 4) is 5.75 Å². The quantitative estimate of drug-likeness (QED) is 0.713. The first-order chi connectivity index (χ1) is 15.0. The van der Waals surface area contributed by atoms with Crippen LogP contribution < -0.4 is 9.64 Å². The predicted molar refractivity (Wildman–Crippen MR) is 115 cm³/mol. The number of nitrogens with zero attached hydrogens (tertiary/aromatic N) is 2. The van der Waals surface area contributed by atoms with Crippen molar-refractivity contribution >= 4 is 11.6 Å². The van der Waals surface area contributed by atoms with Gasteiger partial charge < -0.3 is 9.64 Å². The molecule has 2 heterocycles. The molecule has 6 heteroatoms. The number of benzene rings is 2. The summed E-state index contributed by atoms with van der Waals surface area (Å²) in [7, 11) is 1.67. The van der Waals surface area contributed by atoms with Crippen LogP contribution in [0.2, 0.25) is 0 Å². The summed E-state index contributed by atoms with van der Waals surface area (Å²) >= 11 is 0. The van der Waals surface area contributed by atoms with Gasteiger partial charge in [0.25, 0.3) is 0 Å². The molecule has 1 saturated carbocycles. The number of anilines is 1. The van der Waals surface area contributed by atoms with E-state index in [0.29, 0.717) is 6.54 Å². The van der Waals surface area contributed by atoms with E-state index in [0.717, 1.165) is 68.7 Å². The number of amides is 1. The molecular weight excluding hydrogens is 398 g/mol. The van der Waals surface area contributed by atoms with Crippen LogP contribution in [0.1, 0.15) is 43.2 Å². The van der Waals surface area contributed by atoms with Gasteiger partial charge in [0.15, 0.2) is 11.6 Å². The predicted octanol–water partition coefficient (Wildman–Crippen LogP) is 4.65. The molecule has 31 heavy (non-hydrogen) atoms. The second-order valence-electron chi connectivity index (χ2n) is 9.24. The molecular formula is C25H28F2N2O2. The fourth-order valence-corrected chi connectivity index (χ4v) is 5.31. The minimum absolute atomic E-state index is 0.0756. The number of methoxy groups -OCH3 is 1. The highest BCUT2D eigenvalue weighted by Crippen LogP contribution is 2.49. The summed E-state index contributed by atoms with van der Waals surface area (Å²) in [5.41, 5.74) is 2.96. The lowest BCUT2D eigenvalue weighted by Gasteiger charge is -2.40. The fraction of sp³-hybridized carbons (Fsp3) is 0.480. The Morgan fingerprint density at radius 1 is 1.10 bits per heavy atom. The van der Waals surface area contributed by atoms with E-state index in [1.165, 1.54) is 17.7 Å². The van der Waals surface area contributed by atoms with Gasteiger partial charge in [0.2, 0.25) is 5.91 Å². The number of fused-ring (bicyclic) bond motifs is 2. The van der Waals surface area contributed by atoms with Crippen LogP contribution in [0.4, 0.5) is 14.5 Å².